The Balaban J connectivity index is 2.29. The van der Waals surface area contributed by atoms with E-state index in [0.29, 0.717) is 6.61 Å². The zero-order valence-electron chi connectivity index (χ0n) is 10.5. The summed E-state index contributed by atoms with van der Waals surface area (Å²) in [4.78, 5) is 0. The highest BCUT2D eigenvalue weighted by atomic mass is 16.5. The summed E-state index contributed by atoms with van der Waals surface area (Å²) in [5, 5.41) is 3.36. The minimum Gasteiger partial charge on any atom is -0.399 e. The van der Waals surface area contributed by atoms with Gasteiger partial charge < -0.3 is 15.8 Å². The van der Waals surface area contributed by atoms with Crippen LogP contribution in [0.5, 0.6) is 0 Å². The minimum atomic E-state index is 0.679. The van der Waals surface area contributed by atoms with Gasteiger partial charge in [-0.3, -0.25) is 0 Å². The molecule has 0 spiro atoms. The highest BCUT2D eigenvalue weighted by Gasteiger charge is 2.04. The molecule has 0 amide bonds. The average molecular weight is 242 g/mol. The van der Waals surface area contributed by atoms with Crippen LogP contribution in [0.1, 0.15) is 0 Å². The zero-order chi connectivity index (χ0) is 12.8. The summed E-state index contributed by atoms with van der Waals surface area (Å²) in [6.45, 7) is 1.46. The van der Waals surface area contributed by atoms with Crippen LogP contribution in [0.2, 0.25) is 0 Å². The molecule has 0 heterocycles. The standard InChI is InChI=1S/C15H18N2O/c1-18-10-9-17-15-8-7-13(16)11-14(15)12-5-3-2-4-6-12/h2-8,11,17H,9-10,16H2,1H3. The number of hydrogen-bond acceptors (Lipinski definition) is 3. The van der Waals surface area contributed by atoms with Gasteiger partial charge in [-0.1, -0.05) is 30.3 Å². The van der Waals surface area contributed by atoms with Crippen molar-refractivity contribution in [2.75, 3.05) is 31.3 Å². The molecule has 3 heteroatoms. The topological polar surface area (TPSA) is 47.3 Å². The van der Waals surface area contributed by atoms with Crippen molar-refractivity contribution in [2.24, 2.45) is 0 Å². The maximum absolute atomic E-state index is 5.87. The molecule has 3 N–H and O–H groups in total. The SMILES string of the molecule is COCCNc1ccc(N)cc1-c1ccccc1. The molecule has 0 radical (unpaired) electrons. The number of nitrogens with two attached hydrogens (primary N) is 1. The molecule has 0 aliphatic heterocycles. The number of benzene rings is 2. The van der Waals surface area contributed by atoms with E-state index < -0.39 is 0 Å². The number of nitrogens with one attached hydrogen (secondary N) is 1. The highest BCUT2D eigenvalue weighted by Crippen LogP contribution is 2.29. The molecule has 0 aromatic heterocycles. The molecule has 2 aromatic carbocycles. The number of rotatable bonds is 5. The fourth-order valence-corrected chi connectivity index (χ4v) is 1.86. The van der Waals surface area contributed by atoms with Crippen molar-refractivity contribution in [3.05, 3.63) is 48.5 Å². The van der Waals surface area contributed by atoms with E-state index in [1.54, 1.807) is 7.11 Å². The molecule has 2 rings (SSSR count). The lowest BCUT2D eigenvalue weighted by Crippen LogP contribution is -2.08. The van der Waals surface area contributed by atoms with Crippen molar-refractivity contribution in [3.63, 3.8) is 0 Å². The van der Waals surface area contributed by atoms with Crippen LogP contribution in [0.25, 0.3) is 11.1 Å². The third-order valence-electron chi connectivity index (χ3n) is 2.75. The van der Waals surface area contributed by atoms with Crippen molar-refractivity contribution in [2.45, 2.75) is 0 Å². The number of hydrogen-bond donors (Lipinski definition) is 2. The van der Waals surface area contributed by atoms with Gasteiger partial charge in [-0.15, -0.1) is 0 Å². The van der Waals surface area contributed by atoms with E-state index in [-0.39, 0.29) is 0 Å². The van der Waals surface area contributed by atoms with E-state index in [1.807, 2.05) is 36.4 Å². The van der Waals surface area contributed by atoms with E-state index >= 15 is 0 Å². The first-order valence-electron chi connectivity index (χ1n) is 5.99. The second-order valence-corrected chi connectivity index (χ2v) is 4.09. The fourth-order valence-electron chi connectivity index (χ4n) is 1.86. The van der Waals surface area contributed by atoms with Crippen LogP contribution in [0.15, 0.2) is 48.5 Å². The van der Waals surface area contributed by atoms with Crippen LogP contribution in [0.4, 0.5) is 11.4 Å². The molecule has 18 heavy (non-hydrogen) atoms. The van der Waals surface area contributed by atoms with Gasteiger partial charge >= 0.3 is 0 Å². The van der Waals surface area contributed by atoms with Crippen LogP contribution < -0.4 is 11.1 Å². The number of nitrogen functional groups attached to an aromatic ring is 1. The lowest BCUT2D eigenvalue weighted by molar-refractivity contribution is 0.211. The summed E-state index contributed by atoms with van der Waals surface area (Å²) in [6.07, 6.45) is 0. The first-order valence-corrected chi connectivity index (χ1v) is 5.99. The van der Waals surface area contributed by atoms with Gasteiger partial charge in [-0.05, 0) is 23.8 Å². The zero-order valence-corrected chi connectivity index (χ0v) is 10.5. The maximum atomic E-state index is 5.87. The van der Waals surface area contributed by atoms with Crippen LogP contribution in [-0.4, -0.2) is 20.3 Å². The van der Waals surface area contributed by atoms with Crippen LogP contribution in [-0.2, 0) is 4.74 Å². The molecule has 0 saturated heterocycles. The van der Waals surface area contributed by atoms with Crippen molar-refractivity contribution in [1.29, 1.82) is 0 Å². The molecular formula is C15H18N2O. The Labute approximate surface area is 108 Å². The summed E-state index contributed by atoms with van der Waals surface area (Å²) in [7, 11) is 1.70. The van der Waals surface area contributed by atoms with Crippen molar-refractivity contribution in [1.82, 2.24) is 0 Å². The molecule has 0 unspecified atom stereocenters. The molecule has 0 fully saturated rings. The summed E-state index contributed by atoms with van der Waals surface area (Å²) < 4.78 is 5.05. The van der Waals surface area contributed by atoms with Gasteiger partial charge in [-0.25, -0.2) is 0 Å². The van der Waals surface area contributed by atoms with E-state index in [2.05, 4.69) is 17.4 Å². The fraction of sp³-hybridized carbons (Fsp3) is 0.200. The molecular weight excluding hydrogens is 224 g/mol. The van der Waals surface area contributed by atoms with Crippen LogP contribution in [0.3, 0.4) is 0 Å². The summed E-state index contributed by atoms with van der Waals surface area (Å²) in [6, 6.07) is 16.1. The molecule has 3 nitrogen and oxygen atoms in total. The quantitative estimate of drug-likeness (QED) is 0.626. The number of ether oxygens (including phenoxy) is 1. The van der Waals surface area contributed by atoms with Crippen molar-refractivity contribution < 1.29 is 4.74 Å². The smallest absolute Gasteiger partial charge is 0.0635 e. The third-order valence-corrected chi connectivity index (χ3v) is 2.75. The first kappa shape index (κ1) is 12.5. The normalized spacial score (nSPS) is 10.3. The average Bonchev–Trinajstić information content (AvgIpc) is 2.41. The van der Waals surface area contributed by atoms with Crippen molar-refractivity contribution in [3.8, 4) is 11.1 Å². The second-order valence-electron chi connectivity index (χ2n) is 4.09. The van der Waals surface area contributed by atoms with Crippen LogP contribution >= 0.6 is 0 Å². The lowest BCUT2D eigenvalue weighted by Gasteiger charge is -2.13. The van der Waals surface area contributed by atoms with Gasteiger partial charge in [0, 0.05) is 30.6 Å². The Morgan fingerprint density at radius 3 is 2.61 bits per heavy atom. The lowest BCUT2D eigenvalue weighted by atomic mass is 10.0. The molecule has 0 bridgehead atoms. The number of anilines is 2. The van der Waals surface area contributed by atoms with Gasteiger partial charge in [0.1, 0.15) is 0 Å². The first-order chi connectivity index (χ1) is 8.81. The molecule has 2 aromatic rings. The Morgan fingerprint density at radius 1 is 1.11 bits per heavy atom. The minimum absolute atomic E-state index is 0.679. The van der Waals surface area contributed by atoms with E-state index in [4.69, 9.17) is 10.5 Å². The number of methoxy groups -OCH3 is 1. The molecule has 0 aliphatic rings. The molecule has 0 aliphatic carbocycles. The summed E-state index contributed by atoms with van der Waals surface area (Å²) >= 11 is 0. The van der Waals surface area contributed by atoms with Gasteiger partial charge in [0.05, 0.1) is 6.61 Å². The summed E-state index contributed by atoms with van der Waals surface area (Å²) in [5.41, 5.74) is 9.99. The Hall–Kier alpha value is -2.00. The Bertz CT molecular complexity index is 497. The maximum Gasteiger partial charge on any atom is 0.0635 e. The van der Waals surface area contributed by atoms with E-state index in [9.17, 15) is 0 Å². The van der Waals surface area contributed by atoms with Gasteiger partial charge in [0.15, 0.2) is 0 Å². The Kier molecular flexibility index (Phi) is 4.20. The second kappa shape index (κ2) is 6.07. The van der Waals surface area contributed by atoms with Crippen LogP contribution in [0, 0.1) is 0 Å². The van der Waals surface area contributed by atoms with Gasteiger partial charge in [-0.2, -0.15) is 0 Å². The summed E-state index contributed by atoms with van der Waals surface area (Å²) in [5.74, 6) is 0. The highest BCUT2D eigenvalue weighted by molar-refractivity contribution is 5.80. The molecule has 0 atom stereocenters. The molecule has 0 saturated carbocycles. The monoisotopic (exact) mass is 242 g/mol. The largest absolute Gasteiger partial charge is 0.399 e. The van der Waals surface area contributed by atoms with E-state index in [0.717, 1.165) is 29.0 Å². The predicted octanol–water partition coefficient (Wildman–Crippen LogP) is 2.99. The predicted molar refractivity (Wildman–Crippen MR) is 76.7 cm³/mol. The molecule has 94 valence electrons. The van der Waals surface area contributed by atoms with Gasteiger partial charge in [0.2, 0.25) is 0 Å². The van der Waals surface area contributed by atoms with E-state index in [1.165, 1.54) is 0 Å². The Morgan fingerprint density at radius 2 is 1.89 bits per heavy atom. The van der Waals surface area contributed by atoms with Crippen molar-refractivity contribution >= 4 is 11.4 Å². The van der Waals surface area contributed by atoms with Gasteiger partial charge in [0.25, 0.3) is 0 Å². The third kappa shape index (κ3) is 3.02.